The van der Waals surface area contributed by atoms with Gasteiger partial charge in [-0.2, -0.15) is 5.10 Å². The Morgan fingerprint density at radius 2 is 2.24 bits per heavy atom. The van der Waals surface area contributed by atoms with Gasteiger partial charge < -0.3 is 5.11 Å². The summed E-state index contributed by atoms with van der Waals surface area (Å²) < 4.78 is 0. The number of carbonyl (C=O) groups is 1. The first-order chi connectivity index (χ1) is 8.16. The first-order valence-electron chi connectivity index (χ1n) is 5.05. The number of fused-ring (bicyclic) bond motifs is 1. The van der Waals surface area contributed by atoms with E-state index in [1.165, 1.54) is 6.92 Å². The molecule has 1 heterocycles. The molecule has 0 atom stereocenters. The SMILES string of the molecule is C/C(=N\Nc1ccc2ncccc2c1)C(=O)O. The molecule has 1 aromatic heterocycles. The fraction of sp³-hybridized carbons (Fsp3) is 0.0833. The molecular weight excluding hydrogens is 218 g/mol. The van der Waals surface area contributed by atoms with Crippen molar-refractivity contribution in [2.75, 3.05) is 5.43 Å². The van der Waals surface area contributed by atoms with Gasteiger partial charge in [-0.15, -0.1) is 0 Å². The molecule has 2 N–H and O–H groups in total. The molecule has 1 aromatic carbocycles. The lowest BCUT2D eigenvalue weighted by Gasteiger charge is -2.02. The van der Waals surface area contributed by atoms with Crippen LogP contribution in [-0.4, -0.2) is 21.8 Å². The third kappa shape index (κ3) is 2.57. The van der Waals surface area contributed by atoms with E-state index >= 15 is 0 Å². The first-order valence-corrected chi connectivity index (χ1v) is 5.05. The standard InChI is InChI=1S/C12H11N3O2/c1-8(12(16)17)14-15-10-4-5-11-9(7-10)3-2-6-13-11/h2-7,15H,1H3,(H,16,17)/b14-8+. The number of hydrogen-bond acceptors (Lipinski definition) is 4. The van der Waals surface area contributed by atoms with Crippen molar-refractivity contribution in [3.05, 3.63) is 36.5 Å². The van der Waals surface area contributed by atoms with Crippen molar-refractivity contribution in [3.63, 3.8) is 0 Å². The number of benzene rings is 1. The van der Waals surface area contributed by atoms with Crippen LogP contribution in [0.15, 0.2) is 41.6 Å². The molecule has 5 nitrogen and oxygen atoms in total. The minimum Gasteiger partial charge on any atom is -0.477 e. The molecule has 0 amide bonds. The number of hydrazone groups is 1. The van der Waals surface area contributed by atoms with Crippen LogP contribution in [0.1, 0.15) is 6.92 Å². The Bertz CT molecular complexity index is 593. The van der Waals surface area contributed by atoms with Crippen LogP contribution in [0.5, 0.6) is 0 Å². The van der Waals surface area contributed by atoms with Crippen molar-refractivity contribution in [2.45, 2.75) is 6.92 Å². The van der Waals surface area contributed by atoms with Crippen LogP contribution in [0.25, 0.3) is 10.9 Å². The Morgan fingerprint density at radius 1 is 1.41 bits per heavy atom. The molecule has 0 saturated heterocycles. The molecule has 5 heteroatoms. The molecule has 0 unspecified atom stereocenters. The topological polar surface area (TPSA) is 74.6 Å². The number of carboxylic acid groups (broad SMARTS) is 1. The Balaban J connectivity index is 2.25. The van der Waals surface area contributed by atoms with Gasteiger partial charge in [0, 0.05) is 11.6 Å². The van der Waals surface area contributed by atoms with Gasteiger partial charge in [0.05, 0.1) is 11.2 Å². The number of nitrogens with one attached hydrogen (secondary N) is 1. The van der Waals surface area contributed by atoms with Crippen LogP contribution in [0, 0.1) is 0 Å². The third-order valence-electron chi connectivity index (χ3n) is 2.27. The Morgan fingerprint density at radius 3 is 3.00 bits per heavy atom. The van der Waals surface area contributed by atoms with E-state index in [9.17, 15) is 4.79 Å². The lowest BCUT2D eigenvalue weighted by Crippen LogP contribution is -2.10. The average molecular weight is 229 g/mol. The van der Waals surface area contributed by atoms with Gasteiger partial charge in [-0.3, -0.25) is 10.4 Å². The van der Waals surface area contributed by atoms with Crippen LogP contribution >= 0.6 is 0 Å². The first kappa shape index (κ1) is 11.1. The lowest BCUT2D eigenvalue weighted by atomic mass is 10.2. The van der Waals surface area contributed by atoms with Crippen molar-refractivity contribution in [1.29, 1.82) is 0 Å². The van der Waals surface area contributed by atoms with E-state index < -0.39 is 5.97 Å². The molecule has 86 valence electrons. The second-order valence-electron chi connectivity index (χ2n) is 3.53. The number of anilines is 1. The molecule has 0 aliphatic carbocycles. The second kappa shape index (κ2) is 4.61. The minimum absolute atomic E-state index is 0.0104. The summed E-state index contributed by atoms with van der Waals surface area (Å²) in [6.45, 7) is 1.43. The molecule has 0 aliphatic heterocycles. The van der Waals surface area contributed by atoms with Crippen LogP contribution in [0.4, 0.5) is 5.69 Å². The number of rotatable bonds is 3. The van der Waals surface area contributed by atoms with Crippen LogP contribution in [-0.2, 0) is 4.79 Å². The fourth-order valence-electron chi connectivity index (χ4n) is 1.34. The lowest BCUT2D eigenvalue weighted by molar-refractivity contribution is -0.129. The van der Waals surface area contributed by atoms with Gasteiger partial charge in [-0.25, -0.2) is 4.79 Å². The Labute approximate surface area is 97.8 Å². The summed E-state index contributed by atoms with van der Waals surface area (Å²) in [5.74, 6) is -1.04. The molecule has 0 saturated carbocycles. The van der Waals surface area contributed by atoms with E-state index in [4.69, 9.17) is 5.11 Å². The van der Waals surface area contributed by atoms with Crippen molar-refractivity contribution in [3.8, 4) is 0 Å². The van der Waals surface area contributed by atoms with E-state index in [1.807, 2.05) is 24.3 Å². The quantitative estimate of drug-likeness (QED) is 0.624. The second-order valence-corrected chi connectivity index (χ2v) is 3.53. The maximum atomic E-state index is 10.6. The summed E-state index contributed by atoms with van der Waals surface area (Å²) in [5, 5.41) is 13.4. The van der Waals surface area contributed by atoms with Gasteiger partial charge in [0.25, 0.3) is 0 Å². The summed E-state index contributed by atoms with van der Waals surface area (Å²) in [5.41, 5.74) is 4.32. The predicted molar refractivity (Wildman–Crippen MR) is 66.1 cm³/mol. The van der Waals surface area contributed by atoms with Crippen molar-refractivity contribution < 1.29 is 9.90 Å². The fourth-order valence-corrected chi connectivity index (χ4v) is 1.34. The van der Waals surface area contributed by atoms with Gasteiger partial charge in [0.1, 0.15) is 5.71 Å². The maximum absolute atomic E-state index is 10.6. The van der Waals surface area contributed by atoms with E-state index in [-0.39, 0.29) is 5.71 Å². The maximum Gasteiger partial charge on any atom is 0.351 e. The van der Waals surface area contributed by atoms with Crippen molar-refractivity contribution in [2.24, 2.45) is 5.10 Å². The highest BCUT2D eigenvalue weighted by Crippen LogP contribution is 2.16. The molecule has 0 fully saturated rings. The zero-order chi connectivity index (χ0) is 12.3. The third-order valence-corrected chi connectivity index (χ3v) is 2.27. The van der Waals surface area contributed by atoms with Gasteiger partial charge >= 0.3 is 5.97 Å². The largest absolute Gasteiger partial charge is 0.477 e. The average Bonchev–Trinajstić information content (AvgIpc) is 2.35. The van der Waals surface area contributed by atoms with Crippen LogP contribution in [0.2, 0.25) is 0 Å². The number of aromatic nitrogens is 1. The van der Waals surface area contributed by atoms with Crippen molar-refractivity contribution in [1.82, 2.24) is 4.98 Å². The van der Waals surface area contributed by atoms with E-state index in [1.54, 1.807) is 12.3 Å². The Kier molecular flexibility index (Phi) is 3.00. The summed E-state index contributed by atoms with van der Waals surface area (Å²) in [6, 6.07) is 9.29. The highest BCUT2D eigenvalue weighted by Gasteiger charge is 2.01. The van der Waals surface area contributed by atoms with Gasteiger partial charge in [-0.1, -0.05) is 6.07 Å². The molecule has 0 bridgehead atoms. The molecule has 0 aliphatic rings. The van der Waals surface area contributed by atoms with E-state index in [2.05, 4.69) is 15.5 Å². The molecule has 0 radical (unpaired) electrons. The highest BCUT2D eigenvalue weighted by molar-refractivity contribution is 6.34. The summed E-state index contributed by atoms with van der Waals surface area (Å²) in [7, 11) is 0. The number of aliphatic carboxylic acids is 1. The van der Waals surface area contributed by atoms with Crippen LogP contribution < -0.4 is 5.43 Å². The number of nitrogens with zero attached hydrogens (tertiary/aromatic N) is 2. The molecule has 2 aromatic rings. The van der Waals surface area contributed by atoms with E-state index in [0.29, 0.717) is 0 Å². The highest BCUT2D eigenvalue weighted by atomic mass is 16.4. The van der Waals surface area contributed by atoms with Crippen LogP contribution in [0.3, 0.4) is 0 Å². The van der Waals surface area contributed by atoms with Crippen molar-refractivity contribution >= 4 is 28.3 Å². The van der Waals surface area contributed by atoms with Gasteiger partial charge in [0.2, 0.25) is 0 Å². The summed E-state index contributed by atoms with van der Waals surface area (Å²) in [6.07, 6.45) is 1.72. The normalized spacial score (nSPS) is 11.5. The van der Waals surface area contributed by atoms with Gasteiger partial charge in [0.15, 0.2) is 0 Å². The number of pyridine rings is 1. The predicted octanol–water partition coefficient (Wildman–Crippen LogP) is 2.11. The molecule has 2 rings (SSSR count). The zero-order valence-electron chi connectivity index (χ0n) is 9.21. The number of hydrogen-bond donors (Lipinski definition) is 2. The Hall–Kier alpha value is -2.43. The molecular formula is C12H11N3O2. The summed E-state index contributed by atoms with van der Waals surface area (Å²) in [4.78, 5) is 14.7. The van der Waals surface area contributed by atoms with Gasteiger partial charge in [-0.05, 0) is 31.2 Å². The van der Waals surface area contributed by atoms with E-state index in [0.717, 1.165) is 16.6 Å². The number of carboxylic acids is 1. The molecule has 17 heavy (non-hydrogen) atoms. The summed E-state index contributed by atoms with van der Waals surface area (Å²) >= 11 is 0. The minimum atomic E-state index is -1.04. The smallest absolute Gasteiger partial charge is 0.351 e. The monoisotopic (exact) mass is 229 g/mol. The molecule has 0 spiro atoms. The zero-order valence-corrected chi connectivity index (χ0v) is 9.21.